The zero-order valence-electron chi connectivity index (χ0n) is 23.1. The molecule has 1 saturated heterocycles. The lowest BCUT2D eigenvalue weighted by molar-refractivity contribution is 0.0698. The first-order valence-electron chi connectivity index (χ1n) is 13.7. The van der Waals surface area contributed by atoms with Crippen LogP contribution in [-0.4, -0.2) is 57.0 Å². The molecule has 0 saturated carbocycles. The number of nitrogens with zero attached hydrogens (tertiary/aromatic N) is 3. The number of halogens is 2. The molecule has 0 bridgehead atoms. The number of amides is 2. The SMILES string of the molecule is Cn1c(CCc2ccc(C(=N)N)cc2)nc2cc(C(=O)N3CCC(NC(=O)c4ccccc4SC(F)F)CC3)ccc21. The van der Waals surface area contributed by atoms with Gasteiger partial charge in [0.1, 0.15) is 11.7 Å². The van der Waals surface area contributed by atoms with E-state index in [1.165, 1.54) is 6.07 Å². The van der Waals surface area contributed by atoms with Gasteiger partial charge in [0.25, 0.3) is 17.6 Å². The van der Waals surface area contributed by atoms with Crippen LogP contribution >= 0.6 is 11.8 Å². The number of likely N-dealkylation sites (tertiary alicyclic amines) is 1. The number of fused-ring (bicyclic) bond motifs is 1. The van der Waals surface area contributed by atoms with Gasteiger partial charge in [-0.1, -0.05) is 48.2 Å². The Balaban J connectivity index is 1.18. The number of benzene rings is 3. The topological polar surface area (TPSA) is 117 Å². The number of carbonyl (C=O) groups excluding carboxylic acids is 2. The maximum atomic E-state index is 13.3. The van der Waals surface area contributed by atoms with Gasteiger partial charge in [-0.15, -0.1) is 0 Å². The van der Waals surface area contributed by atoms with Crippen molar-refractivity contribution in [1.29, 1.82) is 5.41 Å². The molecule has 4 aromatic rings. The Hall–Kier alpha value is -4.25. The molecule has 1 aromatic heterocycles. The van der Waals surface area contributed by atoms with Crippen molar-refractivity contribution in [3.8, 4) is 0 Å². The largest absolute Gasteiger partial charge is 0.384 e. The number of nitrogen functional groups attached to an aromatic ring is 1. The Morgan fingerprint density at radius 3 is 2.43 bits per heavy atom. The molecule has 5 rings (SSSR count). The number of alkyl halides is 2. The van der Waals surface area contributed by atoms with Gasteiger partial charge in [0, 0.05) is 48.6 Å². The molecule has 1 aliphatic rings. The molecular weight excluding hydrogens is 558 g/mol. The Bertz CT molecular complexity index is 1610. The van der Waals surface area contributed by atoms with E-state index in [-0.39, 0.29) is 34.2 Å². The quantitative estimate of drug-likeness (QED) is 0.144. The van der Waals surface area contributed by atoms with Crippen LogP contribution in [0.5, 0.6) is 0 Å². The second kappa shape index (κ2) is 12.7. The summed E-state index contributed by atoms with van der Waals surface area (Å²) < 4.78 is 27.8. The summed E-state index contributed by atoms with van der Waals surface area (Å²) >= 11 is 0.359. The number of imidazole rings is 1. The number of rotatable bonds is 9. The molecular formula is C31H32F2N6O2S. The number of nitrogens with two attached hydrogens (primary N) is 1. The minimum absolute atomic E-state index is 0.0452. The molecule has 0 atom stereocenters. The monoisotopic (exact) mass is 590 g/mol. The Morgan fingerprint density at radius 1 is 1.05 bits per heavy atom. The lowest BCUT2D eigenvalue weighted by Crippen LogP contribution is -2.46. The highest BCUT2D eigenvalue weighted by atomic mass is 32.2. The van der Waals surface area contributed by atoms with Crippen LogP contribution in [0, 0.1) is 5.41 Å². The normalized spacial score (nSPS) is 14.0. The van der Waals surface area contributed by atoms with Crippen molar-refractivity contribution >= 4 is 40.4 Å². The summed E-state index contributed by atoms with van der Waals surface area (Å²) in [4.78, 5) is 32.9. The predicted octanol–water partition coefficient (Wildman–Crippen LogP) is 4.99. The molecule has 0 aliphatic carbocycles. The van der Waals surface area contributed by atoms with Crippen LogP contribution < -0.4 is 11.1 Å². The van der Waals surface area contributed by atoms with E-state index in [1.54, 1.807) is 23.1 Å². The maximum Gasteiger partial charge on any atom is 0.288 e. The zero-order valence-corrected chi connectivity index (χ0v) is 24.0. The second-order valence-corrected chi connectivity index (χ2v) is 11.3. The van der Waals surface area contributed by atoms with E-state index in [1.807, 2.05) is 54.1 Å². The van der Waals surface area contributed by atoms with Gasteiger partial charge in [0.05, 0.1) is 16.6 Å². The van der Waals surface area contributed by atoms with Crippen molar-refractivity contribution in [2.75, 3.05) is 13.1 Å². The molecule has 2 heterocycles. The van der Waals surface area contributed by atoms with E-state index >= 15 is 0 Å². The fraction of sp³-hybridized carbons (Fsp3) is 0.290. The molecule has 11 heteroatoms. The third-order valence-electron chi connectivity index (χ3n) is 7.59. The van der Waals surface area contributed by atoms with Gasteiger partial charge < -0.3 is 20.5 Å². The summed E-state index contributed by atoms with van der Waals surface area (Å²) in [6.45, 7) is 0.955. The van der Waals surface area contributed by atoms with E-state index in [0.717, 1.165) is 35.3 Å². The number of carbonyl (C=O) groups is 2. The van der Waals surface area contributed by atoms with Crippen LogP contribution in [0.4, 0.5) is 8.78 Å². The third kappa shape index (κ3) is 6.62. The van der Waals surface area contributed by atoms with Crippen LogP contribution in [0.25, 0.3) is 11.0 Å². The Labute approximate surface area is 246 Å². The average molecular weight is 591 g/mol. The molecule has 1 fully saturated rings. The first-order chi connectivity index (χ1) is 20.2. The van der Waals surface area contributed by atoms with Crippen LogP contribution in [-0.2, 0) is 19.9 Å². The highest BCUT2D eigenvalue weighted by molar-refractivity contribution is 7.99. The van der Waals surface area contributed by atoms with Crippen LogP contribution in [0.2, 0.25) is 0 Å². The van der Waals surface area contributed by atoms with Crippen molar-refractivity contribution in [2.24, 2.45) is 12.8 Å². The lowest BCUT2D eigenvalue weighted by Gasteiger charge is -2.32. The van der Waals surface area contributed by atoms with Crippen LogP contribution in [0.15, 0.2) is 71.6 Å². The summed E-state index contributed by atoms with van der Waals surface area (Å²) in [5.41, 5.74) is 9.86. The average Bonchev–Trinajstić information content (AvgIpc) is 3.30. The fourth-order valence-corrected chi connectivity index (χ4v) is 5.88. The van der Waals surface area contributed by atoms with Gasteiger partial charge in [-0.05, 0) is 55.2 Å². The van der Waals surface area contributed by atoms with Gasteiger partial charge in [-0.2, -0.15) is 8.78 Å². The fourth-order valence-electron chi connectivity index (χ4n) is 5.24. The van der Waals surface area contributed by atoms with Crippen LogP contribution in [0.1, 0.15) is 50.5 Å². The molecule has 42 heavy (non-hydrogen) atoms. The molecule has 8 nitrogen and oxygen atoms in total. The van der Waals surface area contributed by atoms with E-state index in [2.05, 4.69) is 5.32 Å². The van der Waals surface area contributed by atoms with Crippen molar-refractivity contribution in [1.82, 2.24) is 19.8 Å². The molecule has 4 N–H and O–H groups in total. The molecule has 218 valence electrons. The number of aromatic nitrogens is 2. The van der Waals surface area contributed by atoms with E-state index in [9.17, 15) is 18.4 Å². The van der Waals surface area contributed by atoms with Crippen molar-refractivity contribution in [3.05, 3.63) is 94.8 Å². The molecule has 0 unspecified atom stereocenters. The number of thioether (sulfide) groups is 1. The second-order valence-electron chi connectivity index (χ2n) is 10.3. The molecule has 1 aliphatic heterocycles. The van der Waals surface area contributed by atoms with Gasteiger partial charge in [-0.3, -0.25) is 15.0 Å². The standard InChI is InChI=1S/C31H32F2N6O2S/c1-38-25-12-11-21(18-24(25)37-27(38)13-8-19-6-9-20(10-7-19)28(34)35)30(41)39-16-14-22(15-17-39)36-29(40)23-4-2-3-5-26(23)42-31(32)33/h2-7,9-12,18,22,31H,8,13-17H2,1H3,(H3,34,35)(H,36,40). The molecule has 0 spiro atoms. The predicted molar refractivity (Wildman–Crippen MR) is 160 cm³/mol. The number of piperidine rings is 1. The van der Waals surface area contributed by atoms with Crippen LogP contribution in [0.3, 0.4) is 0 Å². The van der Waals surface area contributed by atoms with E-state index < -0.39 is 5.76 Å². The maximum absolute atomic E-state index is 13.3. The zero-order chi connectivity index (χ0) is 29.8. The summed E-state index contributed by atoms with van der Waals surface area (Å²) in [7, 11) is 1.97. The van der Waals surface area contributed by atoms with Gasteiger partial charge in [0.2, 0.25) is 0 Å². The summed E-state index contributed by atoms with van der Waals surface area (Å²) in [6, 6.07) is 19.4. The summed E-state index contributed by atoms with van der Waals surface area (Å²) in [5, 5.41) is 10.5. The lowest BCUT2D eigenvalue weighted by atomic mass is 10.0. The van der Waals surface area contributed by atoms with E-state index in [0.29, 0.717) is 48.8 Å². The Morgan fingerprint density at radius 2 is 1.74 bits per heavy atom. The Kier molecular flexibility index (Phi) is 8.86. The molecule has 0 radical (unpaired) electrons. The van der Waals surface area contributed by atoms with Gasteiger partial charge >= 0.3 is 0 Å². The number of hydrogen-bond donors (Lipinski definition) is 3. The number of nitrogens with one attached hydrogen (secondary N) is 2. The summed E-state index contributed by atoms with van der Waals surface area (Å²) in [5.74, 6) is -2.12. The first kappa shape index (κ1) is 29.2. The van der Waals surface area contributed by atoms with Crippen molar-refractivity contribution < 1.29 is 18.4 Å². The number of hydrogen-bond acceptors (Lipinski definition) is 5. The summed E-state index contributed by atoms with van der Waals surface area (Å²) in [6.07, 6.45) is 2.65. The highest BCUT2D eigenvalue weighted by Gasteiger charge is 2.26. The molecule has 3 aromatic carbocycles. The number of amidine groups is 1. The van der Waals surface area contributed by atoms with E-state index in [4.69, 9.17) is 16.1 Å². The minimum atomic E-state index is -2.61. The smallest absolute Gasteiger partial charge is 0.288 e. The number of aryl methyl sites for hydroxylation is 3. The minimum Gasteiger partial charge on any atom is -0.384 e. The molecule has 2 amide bonds. The third-order valence-corrected chi connectivity index (χ3v) is 8.38. The van der Waals surface area contributed by atoms with Gasteiger partial charge in [0.15, 0.2) is 0 Å². The first-order valence-corrected chi connectivity index (χ1v) is 14.6. The van der Waals surface area contributed by atoms with Crippen molar-refractivity contribution in [2.45, 2.75) is 42.4 Å². The van der Waals surface area contributed by atoms with Crippen molar-refractivity contribution in [3.63, 3.8) is 0 Å². The highest BCUT2D eigenvalue weighted by Crippen LogP contribution is 2.29. The van der Waals surface area contributed by atoms with Gasteiger partial charge in [-0.25, -0.2) is 4.98 Å².